The first-order chi connectivity index (χ1) is 11.4. The molecule has 134 valence electrons. The van der Waals surface area contributed by atoms with Gasteiger partial charge in [-0.2, -0.15) is 0 Å². The zero-order chi connectivity index (χ0) is 17.6. The van der Waals surface area contributed by atoms with Gasteiger partial charge in [-0.15, -0.1) is 0 Å². The average Bonchev–Trinajstić information content (AvgIpc) is 2.55. The van der Waals surface area contributed by atoms with Crippen molar-refractivity contribution in [3.63, 3.8) is 0 Å². The van der Waals surface area contributed by atoms with Gasteiger partial charge in [-0.1, -0.05) is 19.1 Å². The number of hydrogen-bond acceptors (Lipinski definition) is 5. The number of nitrogens with two attached hydrogens (primary N) is 1. The first kappa shape index (κ1) is 18.9. The Labute approximate surface area is 143 Å². The van der Waals surface area contributed by atoms with Crippen molar-refractivity contribution in [1.29, 1.82) is 0 Å². The summed E-state index contributed by atoms with van der Waals surface area (Å²) in [6.07, 6.45) is 0.653. The van der Waals surface area contributed by atoms with Gasteiger partial charge in [0.25, 0.3) is 0 Å². The van der Waals surface area contributed by atoms with E-state index in [0.29, 0.717) is 19.5 Å². The van der Waals surface area contributed by atoms with Crippen molar-refractivity contribution in [2.24, 2.45) is 5.14 Å². The molecule has 1 fully saturated rings. The minimum absolute atomic E-state index is 0.0288. The van der Waals surface area contributed by atoms with Crippen molar-refractivity contribution in [3.05, 3.63) is 29.8 Å². The lowest BCUT2D eigenvalue weighted by molar-refractivity contribution is -0.122. The molecule has 0 unspecified atom stereocenters. The number of carbonyl (C=O) groups excluding carboxylic acids is 1. The summed E-state index contributed by atoms with van der Waals surface area (Å²) in [5, 5.41) is 7.97. The molecule has 0 spiro atoms. The molecule has 2 rings (SSSR count). The van der Waals surface area contributed by atoms with Gasteiger partial charge in [-0.05, 0) is 30.7 Å². The Morgan fingerprint density at radius 1 is 1.12 bits per heavy atom. The molecule has 3 N–H and O–H groups in total. The fraction of sp³-hybridized carbons (Fsp3) is 0.562. The van der Waals surface area contributed by atoms with Gasteiger partial charge in [-0.3, -0.25) is 9.69 Å². The SMILES string of the molecule is CCN1CCN(CC(=O)NCCc2ccc(S(N)(=O)=O)cc2)CC1. The standard InChI is InChI=1S/C16H26N4O3S/c1-2-19-9-11-20(12-10-19)13-16(21)18-8-7-14-3-5-15(6-4-14)24(17,22)23/h3-6H,2,7-13H2,1H3,(H,18,21)(H2,17,22,23). The van der Waals surface area contributed by atoms with Crippen molar-refractivity contribution in [3.8, 4) is 0 Å². The Kier molecular flexibility index (Phi) is 6.73. The lowest BCUT2D eigenvalue weighted by atomic mass is 10.1. The van der Waals surface area contributed by atoms with Crippen LogP contribution in [0.2, 0.25) is 0 Å². The molecule has 1 aromatic carbocycles. The van der Waals surface area contributed by atoms with Gasteiger partial charge >= 0.3 is 0 Å². The van der Waals surface area contributed by atoms with Crippen LogP contribution < -0.4 is 10.5 Å². The summed E-state index contributed by atoms with van der Waals surface area (Å²) < 4.78 is 22.4. The predicted octanol–water partition coefficient (Wildman–Crippen LogP) is -0.370. The molecule has 0 atom stereocenters. The van der Waals surface area contributed by atoms with Gasteiger partial charge in [0, 0.05) is 32.7 Å². The smallest absolute Gasteiger partial charge is 0.238 e. The summed E-state index contributed by atoms with van der Waals surface area (Å²) in [6, 6.07) is 6.41. The second kappa shape index (κ2) is 8.57. The molecule has 1 amide bonds. The normalized spacial score (nSPS) is 16.9. The summed E-state index contributed by atoms with van der Waals surface area (Å²) >= 11 is 0. The first-order valence-corrected chi connectivity index (χ1v) is 9.76. The Morgan fingerprint density at radius 2 is 1.71 bits per heavy atom. The second-order valence-electron chi connectivity index (χ2n) is 6.00. The largest absolute Gasteiger partial charge is 0.355 e. The van der Waals surface area contributed by atoms with E-state index in [-0.39, 0.29) is 10.8 Å². The van der Waals surface area contributed by atoms with Crippen LogP contribution in [0.3, 0.4) is 0 Å². The molecule has 0 saturated carbocycles. The van der Waals surface area contributed by atoms with Crippen molar-refractivity contribution in [1.82, 2.24) is 15.1 Å². The summed E-state index contributed by atoms with van der Waals surface area (Å²) in [4.78, 5) is 16.6. The first-order valence-electron chi connectivity index (χ1n) is 8.21. The molecule has 1 heterocycles. The van der Waals surface area contributed by atoms with Crippen LogP contribution >= 0.6 is 0 Å². The van der Waals surface area contributed by atoms with Crippen LogP contribution in [0.4, 0.5) is 0 Å². The molecular formula is C16H26N4O3S. The monoisotopic (exact) mass is 354 g/mol. The van der Waals surface area contributed by atoms with Crippen LogP contribution in [0.15, 0.2) is 29.2 Å². The summed E-state index contributed by atoms with van der Waals surface area (Å²) in [7, 11) is -3.65. The number of rotatable bonds is 7. The van der Waals surface area contributed by atoms with E-state index in [1.807, 2.05) is 0 Å². The Hall–Kier alpha value is -1.48. The molecule has 8 heteroatoms. The number of sulfonamides is 1. The number of benzene rings is 1. The summed E-state index contributed by atoms with van der Waals surface area (Å²) in [5.41, 5.74) is 0.958. The molecule has 1 saturated heterocycles. The maximum Gasteiger partial charge on any atom is 0.238 e. The molecule has 0 aromatic heterocycles. The highest BCUT2D eigenvalue weighted by atomic mass is 32.2. The molecule has 1 aliphatic heterocycles. The minimum Gasteiger partial charge on any atom is -0.355 e. The number of amides is 1. The summed E-state index contributed by atoms with van der Waals surface area (Å²) in [5.74, 6) is 0.0288. The average molecular weight is 354 g/mol. The van der Waals surface area contributed by atoms with E-state index in [0.717, 1.165) is 38.3 Å². The van der Waals surface area contributed by atoms with Gasteiger partial charge in [-0.25, -0.2) is 13.6 Å². The molecule has 0 bridgehead atoms. The van der Waals surface area contributed by atoms with Crippen LogP contribution in [0.1, 0.15) is 12.5 Å². The number of hydrogen-bond donors (Lipinski definition) is 2. The lowest BCUT2D eigenvalue weighted by Gasteiger charge is -2.33. The van der Waals surface area contributed by atoms with Crippen LogP contribution in [0.25, 0.3) is 0 Å². The van der Waals surface area contributed by atoms with E-state index < -0.39 is 10.0 Å². The topological polar surface area (TPSA) is 95.7 Å². The van der Waals surface area contributed by atoms with Crippen LogP contribution in [0, 0.1) is 0 Å². The molecule has 7 nitrogen and oxygen atoms in total. The van der Waals surface area contributed by atoms with E-state index in [1.165, 1.54) is 12.1 Å². The van der Waals surface area contributed by atoms with E-state index in [2.05, 4.69) is 22.0 Å². The quantitative estimate of drug-likeness (QED) is 0.697. The number of nitrogens with one attached hydrogen (secondary N) is 1. The third-order valence-corrected chi connectivity index (χ3v) is 5.20. The highest BCUT2D eigenvalue weighted by molar-refractivity contribution is 7.89. The lowest BCUT2D eigenvalue weighted by Crippen LogP contribution is -2.49. The number of primary sulfonamides is 1. The van der Waals surface area contributed by atoms with Gasteiger partial charge in [0.1, 0.15) is 0 Å². The van der Waals surface area contributed by atoms with E-state index in [1.54, 1.807) is 12.1 Å². The molecule has 0 radical (unpaired) electrons. The maximum absolute atomic E-state index is 12.0. The van der Waals surface area contributed by atoms with E-state index in [9.17, 15) is 13.2 Å². The van der Waals surface area contributed by atoms with E-state index >= 15 is 0 Å². The highest BCUT2D eigenvalue weighted by Gasteiger charge is 2.17. The summed E-state index contributed by atoms with van der Waals surface area (Å²) in [6.45, 7) is 8.06. The number of nitrogens with zero attached hydrogens (tertiary/aromatic N) is 2. The number of piperazine rings is 1. The van der Waals surface area contributed by atoms with Gasteiger partial charge < -0.3 is 10.2 Å². The maximum atomic E-state index is 12.0. The molecule has 1 aromatic rings. The molecule has 0 aliphatic carbocycles. The van der Waals surface area contributed by atoms with Crippen molar-refractivity contribution < 1.29 is 13.2 Å². The third-order valence-electron chi connectivity index (χ3n) is 4.27. The number of likely N-dealkylation sites (N-methyl/N-ethyl adjacent to an activating group) is 1. The van der Waals surface area contributed by atoms with Crippen LogP contribution in [0.5, 0.6) is 0 Å². The Bertz CT molecular complexity index is 638. The fourth-order valence-electron chi connectivity index (χ4n) is 2.71. The second-order valence-corrected chi connectivity index (χ2v) is 7.56. The van der Waals surface area contributed by atoms with Crippen molar-refractivity contribution in [2.75, 3.05) is 45.8 Å². The van der Waals surface area contributed by atoms with Crippen molar-refractivity contribution in [2.45, 2.75) is 18.2 Å². The minimum atomic E-state index is -3.65. The van der Waals surface area contributed by atoms with Gasteiger partial charge in [0.05, 0.1) is 11.4 Å². The predicted molar refractivity (Wildman–Crippen MR) is 93.1 cm³/mol. The third kappa shape index (κ3) is 5.86. The zero-order valence-electron chi connectivity index (χ0n) is 14.1. The van der Waals surface area contributed by atoms with Crippen LogP contribution in [-0.2, 0) is 21.2 Å². The van der Waals surface area contributed by atoms with Gasteiger partial charge in [0.15, 0.2) is 0 Å². The zero-order valence-corrected chi connectivity index (χ0v) is 14.9. The Balaban J connectivity index is 1.69. The Morgan fingerprint density at radius 3 is 2.25 bits per heavy atom. The molecule has 24 heavy (non-hydrogen) atoms. The van der Waals surface area contributed by atoms with Gasteiger partial charge in [0.2, 0.25) is 15.9 Å². The molecule has 1 aliphatic rings. The van der Waals surface area contributed by atoms with Crippen molar-refractivity contribution >= 4 is 15.9 Å². The van der Waals surface area contributed by atoms with E-state index in [4.69, 9.17) is 5.14 Å². The molecular weight excluding hydrogens is 328 g/mol. The fourth-order valence-corrected chi connectivity index (χ4v) is 3.23. The highest BCUT2D eigenvalue weighted by Crippen LogP contribution is 2.09. The number of carbonyl (C=O) groups is 1. The van der Waals surface area contributed by atoms with Crippen LogP contribution in [-0.4, -0.2) is 69.9 Å².